The van der Waals surface area contributed by atoms with Gasteiger partial charge >= 0.3 is 5.97 Å². The third kappa shape index (κ3) is 4.40. The van der Waals surface area contributed by atoms with Crippen LogP contribution >= 0.6 is 11.3 Å². The molecule has 0 atom stereocenters. The maximum absolute atomic E-state index is 12.2. The molecule has 0 unspecified atom stereocenters. The summed E-state index contributed by atoms with van der Waals surface area (Å²) < 4.78 is 5.13. The molecule has 0 saturated carbocycles. The number of nitrogens with zero attached hydrogens (tertiary/aromatic N) is 2. The van der Waals surface area contributed by atoms with Gasteiger partial charge in [-0.2, -0.15) is 0 Å². The van der Waals surface area contributed by atoms with E-state index in [-0.39, 0.29) is 18.8 Å². The molecule has 0 aliphatic rings. The van der Waals surface area contributed by atoms with Gasteiger partial charge < -0.3 is 4.74 Å². The highest BCUT2D eigenvalue weighted by atomic mass is 32.1. The van der Waals surface area contributed by atoms with Crippen molar-refractivity contribution in [3.05, 3.63) is 70.5 Å². The van der Waals surface area contributed by atoms with Gasteiger partial charge in [0.05, 0.1) is 12.1 Å². The summed E-state index contributed by atoms with van der Waals surface area (Å²) in [6.45, 7) is 3.58. The zero-order chi connectivity index (χ0) is 18.5. The maximum Gasteiger partial charge on any atom is 0.312 e. The Hall–Kier alpha value is -2.86. The minimum Gasteiger partial charge on any atom is -0.457 e. The van der Waals surface area contributed by atoms with Crippen molar-refractivity contribution in [2.45, 2.75) is 20.3 Å². The fraction of sp³-hybridized carbons (Fsp3) is 0.200. The molecule has 0 radical (unpaired) electrons. The topological polar surface area (TPSA) is 69.2 Å². The van der Waals surface area contributed by atoms with Gasteiger partial charge in [-0.25, -0.2) is 4.98 Å². The molecule has 3 rings (SSSR count). The average molecular weight is 366 g/mol. The maximum atomic E-state index is 12.2. The highest BCUT2D eigenvalue weighted by Crippen LogP contribution is 2.22. The number of carbonyl (C=O) groups is 2. The van der Waals surface area contributed by atoms with Crippen LogP contribution in [0.3, 0.4) is 0 Å². The Morgan fingerprint density at radius 1 is 1.19 bits per heavy atom. The second-order valence-corrected chi connectivity index (χ2v) is 6.82. The number of Topliss-reactive ketones (excluding diaryl/α,β-unsaturated/α-hetero) is 1. The number of thiazole rings is 1. The molecule has 0 amide bonds. The summed E-state index contributed by atoms with van der Waals surface area (Å²) in [5, 5.41) is 2.61. The third-order valence-electron chi connectivity index (χ3n) is 3.83. The summed E-state index contributed by atoms with van der Waals surface area (Å²) in [5.74, 6) is -0.670. The quantitative estimate of drug-likeness (QED) is 0.490. The van der Waals surface area contributed by atoms with Crippen molar-refractivity contribution in [3.8, 4) is 10.6 Å². The standard InChI is InChI=1S/C20H18N2O3S/c1-13-5-6-17(14(2)8-13)18(23)11-25-19(24)9-16-12-26-20(22-16)15-4-3-7-21-10-15/h3-8,10,12H,9,11H2,1-2H3. The van der Waals surface area contributed by atoms with Gasteiger partial charge in [0, 0.05) is 28.9 Å². The lowest BCUT2D eigenvalue weighted by molar-refractivity contribution is -0.141. The molecule has 1 aromatic carbocycles. The van der Waals surface area contributed by atoms with E-state index in [0.29, 0.717) is 11.3 Å². The number of ether oxygens (including phenoxy) is 1. The normalized spacial score (nSPS) is 10.5. The van der Waals surface area contributed by atoms with Crippen molar-refractivity contribution < 1.29 is 14.3 Å². The smallest absolute Gasteiger partial charge is 0.312 e. The van der Waals surface area contributed by atoms with Crippen LogP contribution in [0.1, 0.15) is 27.2 Å². The number of aryl methyl sites for hydroxylation is 2. The van der Waals surface area contributed by atoms with Gasteiger partial charge in [0.2, 0.25) is 5.78 Å². The predicted molar refractivity (Wildman–Crippen MR) is 100 cm³/mol. The Kier molecular flexibility index (Phi) is 5.53. The van der Waals surface area contributed by atoms with Crippen LogP contribution in [0.15, 0.2) is 48.1 Å². The molecular weight excluding hydrogens is 348 g/mol. The molecule has 2 aromatic heterocycles. The lowest BCUT2D eigenvalue weighted by atomic mass is 10.0. The van der Waals surface area contributed by atoms with E-state index in [1.807, 2.05) is 43.5 Å². The van der Waals surface area contributed by atoms with Crippen LogP contribution in [0, 0.1) is 13.8 Å². The number of benzene rings is 1. The van der Waals surface area contributed by atoms with Crippen LogP contribution < -0.4 is 0 Å². The monoisotopic (exact) mass is 366 g/mol. The number of esters is 1. The number of hydrogen-bond acceptors (Lipinski definition) is 6. The summed E-state index contributed by atoms with van der Waals surface area (Å²) in [6.07, 6.45) is 3.46. The summed E-state index contributed by atoms with van der Waals surface area (Å²) in [5.41, 5.74) is 4.08. The molecule has 0 fully saturated rings. The zero-order valence-electron chi connectivity index (χ0n) is 14.6. The van der Waals surface area contributed by atoms with Gasteiger partial charge in [0.15, 0.2) is 6.61 Å². The molecule has 26 heavy (non-hydrogen) atoms. The summed E-state index contributed by atoms with van der Waals surface area (Å²) in [7, 11) is 0. The predicted octanol–water partition coefficient (Wildman–Crippen LogP) is 3.79. The van der Waals surface area contributed by atoms with Gasteiger partial charge in [-0.05, 0) is 31.5 Å². The zero-order valence-corrected chi connectivity index (χ0v) is 15.4. The van der Waals surface area contributed by atoms with Crippen LogP contribution in [0.5, 0.6) is 0 Å². The minimum absolute atomic E-state index is 0.0386. The molecule has 0 aliphatic heterocycles. The summed E-state index contributed by atoms with van der Waals surface area (Å²) in [4.78, 5) is 32.7. The van der Waals surface area contributed by atoms with Crippen LogP contribution in [0.2, 0.25) is 0 Å². The number of rotatable bonds is 6. The number of pyridine rings is 1. The van der Waals surface area contributed by atoms with E-state index in [2.05, 4.69) is 9.97 Å². The lowest BCUT2D eigenvalue weighted by Crippen LogP contribution is -2.16. The van der Waals surface area contributed by atoms with Gasteiger partial charge in [-0.3, -0.25) is 14.6 Å². The van der Waals surface area contributed by atoms with Crippen molar-refractivity contribution in [3.63, 3.8) is 0 Å². The molecule has 0 saturated heterocycles. The number of carbonyl (C=O) groups excluding carboxylic acids is 2. The summed E-state index contributed by atoms with van der Waals surface area (Å²) in [6, 6.07) is 9.32. The first kappa shape index (κ1) is 17.9. The van der Waals surface area contributed by atoms with Gasteiger partial charge in [-0.15, -0.1) is 11.3 Å². The Morgan fingerprint density at radius 2 is 2.04 bits per heavy atom. The molecule has 132 valence electrons. The van der Waals surface area contributed by atoms with Crippen LogP contribution in [-0.2, 0) is 16.0 Å². The molecule has 2 heterocycles. The molecule has 0 N–H and O–H groups in total. The van der Waals surface area contributed by atoms with Gasteiger partial charge in [-0.1, -0.05) is 23.8 Å². The van der Waals surface area contributed by atoms with E-state index in [0.717, 1.165) is 21.7 Å². The van der Waals surface area contributed by atoms with Crippen LogP contribution in [-0.4, -0.2) is 28.3 Å². The van der Waals surface area contributed by atoms with E-state index in [1.54, 1.807) is 18.5 Å². The van der Waals surface area contributed by atoms with Gasteiger partial charge in [0.1, 0.15) is 5.01 Å². The Balaban J connectivity index is 1.56. The summed E-state index contributed by atoms with van der Waals surface area (Å²) >= 11 is 1.44. The van der Waals surface area contributed by atoms with Crippen molar-refractivity contribution in [1.82, 2.24) is 9.97 Å². The first-order valence-electron chi connectivity index (χ1n) is 8.14. The SMILES string of the molecule is Cc1ccc(C(=O)COC(=O)Cc2csc(-c3cccnc3)n2)c(C)c1. The molecule has 3 aromatic rings. The van der Waals surface area contributed by atoms with Gasteiger partial charge in [0.25, 0.3) is 0 Å². The Bertz CT molecular complexity index is 935. The van der Waals surface area contributed by atoms with E-state index >= 15 is 0 Å². The first-order chi connectivity index (χ1) is 12.5. The Morgan fingerprint density at radius 3 is 2.77 bits per heavy atom. The number of ketones is 1. The lowest BCUT2D eigenvalue weighted by Gasteiger charge is -2.07. The van der Waals surface area contributed by atoms with Crippen molar-refractivity contribution in [2.75, 3.05) is 6.61 Å². The van der Waals surface area contributed by atoms with E-state index in [1.165, 1.54) is 11.3 Å². The third-order valence-corrected chi connectivity index (χ3v) is 4.77. The van der Waals surface area contributed by atoms with E-state index in [4.69, 9.17) is 4.74 Å². The average Bonchev–Trinajstić information content (AvgIpc) is 3.09. The largest absolute Gasteiger partial charge is 0.457 e. The van der Waals surface area contributed by atoms with Crippen LogP contribution in [0.4, 0.5) is 0 Å². The van der Waals surface area contributed by atoms with Crippen LogP contribution in [0.25, 0.3) is 10.6 Å². The molecule has 0 aliphatic carbocycles. The van der Waals surface area contributed by atoms with E-state index in [9.17, 15) is 9.59 Å². The molecule has 5 nitrogen and oxygen atoms in total. The fourth-order valence-electron chi connectivity index (χ4n) is 2.56. The molecule has 0 spiro atoms. The molecular formula is C20H18N2O3S. The second-order valence-electron chi connectivity index (χ2n) is 5.96. The number of hydrogen-bond donors (Lipinski definition) is 0. The second kappa shape index (κ2) is 8.01. The van der Waals surface area contributed by atoms with Crippen molar-refractivity contribution in [1.29, 1.82) is 0 Å². The Labute approximate surface area is 155 Å². The van der Waals surface area contributed by atoms with E-state index < -0.39 is 5.97 Å². The van der Waals surface area contributed by atoms with Crippen molar-refractivity contribution in [2.24, 2.45) is 0 Å². The number of aromatic nitrogens is 2. The van der Waals surface area contributed by atoms with Crippen molar-refractivity contribution >= 4 is 23.1 Å². The molecule has 0 bridgehead atoms. The fourth-order valence-corrected chi connectivity index (χ4v) is 3.37. The highest BCUT2D eigenvalue weighted by molar-refractivity contribution is 7.13. The molecule has 6 heteroatoms. The minimum atomic E-state index is -0.467. The first-order valence-corrected chi connectivity index (χ1v) is 9.02. The highest BCUT2D eigenvalue weighted by Gasteiger charge is 2.14.